The molecule has 6 heteroatoms. The number of aromatic nitrogens is 1. The molecule has 0 bridgehead atoms. The molecule has 0 atom stereocenters. The van der Waals surface area contributed by atoms with Crippen molar-refractivity contribution in [2.24, 2.45) is 0 Å². The molecule has 1 aromatic carbocycles. The molecular formula is C13H13ClF2N2O. The molecular weight excluding hydrogens is 274 g/mol. The Morgan fingerprint density at radius 3 is 2.84 bits per heavy atom. The fourth-order valence-electron chi connectivity index (χ4n) is 1.63. The zero-order chi connectivity index (χ0) is 13.8. The molecule has 1 heterocycles. The first-order valence-electron chi connectivity index (χ1n) is 5.92. The summed E-state index contributed by atoms with van der Waals surface area (Å²) >= 11 is 5.49. The van der Waals surface area contributed by atoms with Gasteiger partial charge in [0.1, 0.15) is 11.6 Å². The van der Waals surface area contributed by atoms with E-state index in [9.17, 15) is 8.78 Å². The topological polar surface area (TPSA) is 38.1 Å². The normalized spacial score (nSPS) is 10.9. The summed E-state index contributed by atoms with van der Waals surface area (Å²) in [5.41, 5.74) is 0.0177. The van der Waals surface area contributed by atoms with Crippen LogP contribution in [0.25, 0.3) is 11.3 Å². The van der Waals surface area contributed by atoms with Gasteiger partial charge in [-0.3, -0.25) is 0 Å². The summed E-state index contributed by atoms with van der Waals surface area (Å²) in [7, 11) is 0. The lowest BCUT2D eigenvalue weighted by molar-refractivity contribution is 0.493. The highest BCUT2D eigenvalue weighted by molar-refractivity contribution is 6.30. The summed E-state index contributed by atoms with van der Waals surface area (Å²) in [5.74, 6) is -0.658. The Labute approximate surface area is 114 Å². The molecule has 0 saturated heterocycles. The lowest BCUT2D eigenvalue weighted by Gasteiger charge is -2.01. The molecule has 0 aliphatic heterocycles. The number of halogens is 3. The summed E-state index contributed by atoms with van der Waals surface area (Å²) in [4.78, 5) is 4.03. The van der Waals surface area contributed by atoms with Crippen LogP contribution in [0.4, 0.5) is 8.78 Å². The Bertz CT molecular complexity index is 572. The fraction of sp³-hybridized carbons (Fsp3) is 0.308. The van der Waals surface area contributed by atoms with Crippen LogP contribution in [-0.2, 0) is 6.42 Å². The van der Waals surface area contributed by atoms with Crippen LogP contribution in [0, 0.1) is 11.6 Å². The van der Waals surface area contributed by atoms with E-state index in [-0.39, 0.29) is 16.3 Å². The van der Waals surface area contributed by atoms with E-state index in [0.717, 1.165) is 18.7 Å². The lowest BCUT2D eigenvalue weighted by atomic mass is 10.1. The molecule has 0 amide bonds. The van der Waals surface area contributed by atoms with Crippen LogP contribution in [0.15, 0.2) is 22.7 Å². The van der Waals surface area contributed by atoms with Gasteiger partial charge in [-0.2, -0.15) is 0 Å². The monoisotopic (exact) mass is 286 g/mol. The molecule has 0 fully saturated rings. The van der Waals surface area contributed by atoms with Crippen LogP contribution >= 0.6 is 11.6 Å². The molecule has 1 aromatic heterocycles. The smallest absolute Gasteiger partial charge is 0.196 e. The number of nitrogens with one attached hydrogen (secondary N) is 1. The van der Waals surface area contributed by atoms with Crippen molar-refractivity contribution in [3.8, 4) is 11.3 Å². The zero-order valence-corrected chi connectivity index (χ0v) is 11.1. The maximum Gasteiger partial charge on any atom is 0.196 e. The van der Waals surface area contributed by atoms with E-state index >= 15 is 0 Å². The average molecular weight is 287 g/mol. The van der Waals surface area contributed by atoms with Gasteiger partial charge in [-0.05, 0) is 18.7 Å². The Morgan fingerprint density at radius 2 is 2.11 bits per heavy atom. The second-order valence-electron chi connectivity index (χ2n) is 3.97. The summed E-state index contributed by atoms with van der Waals surface area (Å²) in [6, 6.07) is 1.93. The van der Waals surface area contributed by atoms with E-state index in [4.69, 9.17) is 16.0 Å². The van der Waals surface area contributed by atoms with E-state index in [1.54, 1.807) is 0 Å². The molecule has 2 rings (SSSR count). The van der Waals surface area contributed by atoms with Crippen LogP contribution in [0.5, 0.6) is 0 Å². The van der Waals surface area contributed by atoms with Crippen LogP contribution in [0.1, 0.15) is 12.8 Å². The third-order valence-corrected chi connectivity index (χ3v) is 2.88. The van der Waals surface area contributed by atoms with Crippen molar-refractivity contribution >= 4 is 11.6 Å². The van der Waals surface area contributed by atoms with E-state index in [1.165, 1.54) is 6.20 Å². The number of nitrogens with zero attached hydrogens (tertiary/aromatic N) is 1. The van der Waals surface area contributed by atoms with Crippen LogP contribution < -0.4 is 5.32 Å². The summed E-state index contributed by atoms with van der Waals surface area (Å²) in [5, 5.41) is 2.87. The Morgan fingerprint density at radius 1 is 1.32 bits per heavy atom. The van der Waals surface area contributed by atoms with Gasteiger partial charge in [0.15, 0.2) is 11.7 Å². The Kier molecular flexibility index (Phi) is 4.50. The van der Waals surface area contributed by atoms with E-state index in [1.807, 2.05) is 6.92 Å². The first kappa shape index (κ1) is 14.0. The largest absolute Gasteiger partial charge is 0.441 e. The maximum absolute atomic E-state index is 13.7. The predicted molar refractivity (Wildman–Crippen MR) is 69.1 cm³/mol. The van der Waals surface area contributed by atoms with Gasteiger partial charge in [0.2, 0.25) is 0 Å². The highest BCUT2D eigenvalue weighted by Gasteiger charge is 2.14. The lowest BCUT2D eigenvalue weighted by Crippen LogP contribution is -2.16. The first-order valence-corrected chi connectivity index (χ1v) is 6.30. The van der Waals surface area contributed by atoms with Gasteiger partial charge in [0.05, 0.1) is 16.8 Å². The molecule has 0 aliphatic carbocycles. The third-order valence-electron chi connectivity index (χ3n) is 2.59. The van der Waals surface area contributed by atoms with E-state index < -0.39 is 11.6 Å². The molecule has 1 N–H and O–H groups in total. The maximum atomic E-state index is 13.7. The van der Waals surface area contributed by atoms with Crippen molar-refractivity contribution in [1.82, 2.24) is 10.3 Å². The number of benzene rings is 1. The van der Waals surface area contributed by atoms with Crippen molar-refractivity contribution in [3.63, 3.8) is 0 Å². The minimum atomic E-state index is -0.691. The average Bonchev–Trinajstić information content (AvgIpc) is 2.83. The van der Waals surface area contributed by atoms with Crippen molar-refractivity contribution in [2.45, 2.75) is 13.3 Å². The van der Waals surface area contributed by atoms with Gasteiger partial charge in [-0.1, -0.05) is 18.5 Å². The fourth-order valence-corrected chi connectivity index (χ4v) is 1.78. The van der Waals surface area contributed by atoms with E-state index in [0.29, 0.717) is 18.9 Å². The number of rotatable bonds is 5. The molecule has 0 unspecified atom stereocenters. The van der Waals surface area contributed by atoms with Gasteiger partial charge < -0.3 is 9.73 Å². The highest BCUT2D eigenvalue weighted by Crippen LogP contribution is 2.28. The highest BCUT2D eigenvalue weighted by atomic mass is 35.5. The van der Waals surface area contributed by atoms with Crippen molar-refractivity contribution in [1.29, 1.82) is 0 Å². The van der Waals surface area contributed by atoms with Gasteiger partial charge in [-0.25, -0.2) is 13.8 Å². The van der Waals surface area contributed by atoms with Gasteiger partial charge in [0, 0.05) is 13.0 Å². The molecule has 19 heavy (non-hydrogen) atoms. The van der Waals surface area contributed by atoms with Crippen LogP contribution in [0.3, 0.4) is 0 Å². The SMILES string of the molecule is CCNCCc1ncc(-c2cc(F)c(Cl)cc2F)o1. The molecule has 0 saturated carbocycles. The minimum absolute atomic E-state index is 0.0177. The van der Waals surface area contributed by atoms with Crippen LogP contribution in [0.2, 0.25) is 5.02 Å². The quantitative estimate of drug-likeness (QED) is 0.676. The van der Waals surface area contributed by atoms with Gasteiger partial charge in [-0.15, -0.1) is 0 Å². The molecule has 0 radical (unpaired) electrons. The van der Waals surface area contributed by atoms with E-state index in [2.05, 4.69) is 10.3 Å². The number of hydrogen-bond donors (Lipinski definition) is 1. The number of oxazole rings is 1. The van der Waals surface area contributed by atoms with Gasteiger partial charge >= 0.3 is 0 Å². The summed E-state index contributed by atoms with van der Waals surface area (Å²) in [6.07, 6.45) is 1.97. The standard InChI is InChI=1S/C13H13ClF2N2O/c1-2-17-4-3-13-18-7-12(19-13)8-5-11(16)9(14)6-10(8)15/h5-7,17H,2-4H2,1H3. The molecule has 2 aromatic rings. The zero-order valence-electron chi connectivity index (χ0n) is 10.3. The second-order valence-corrected chi connectivity index (χ2v) is 4.38. The number of hydrogen-bond acceptors (Lipinski definition) is 3. The minimum Gasteiger partial charge on any atom is -0.441 e. The Balaban J connectivity index is 2.20. The van der Waals surface area contributed by atoms with Gasteiger partial charge in [0.25, 0.3) is 0 Å². The second kappa shape index (κ2) is 6.12. The summed E-state index contributed by atoms with van der Waals surface area (Å²) in [6.45, 7) is 3.56. The third kappa shape index (κ3) is 3.30. The van der Waals surface area contributed by atoms with Crippen molar-refractivity contribution in [3.05, 3.63) is 40.9 Å². The molecule has 3 nitrogen and oxygen atoms in total. The molecule has 0 spiro atoms. The predicted octanol–water partition coefficient (Wildman–Crippen LogP) is 3.43. The first-order chi connectivity index (χ1) is 9.11. The van der Waals surface area contributed by atoms with Crippen molar-refractivity contribution in [2.75, 3.05) is 13.1 Å². The van der Waals surface area contributed by atoms with Crippen molar-refractivity contribution < 1.29 is 13.2 Å². The van der Waals surface area contributed by atoms with Crippen LogP contribution in [-0.4, -0.2) is 18.1 Å². The summed E-state index contributed by atoms with van der Waals surface area (Å²) < 4.78 is 32.4. The molecule has 102 valence electrons. The number of likely N-dealkylation sites (N-methyl/N-ethyl adjacent to an activating group) is 1. The Hall–Kier alpha value is -1.46. The molecule has 0 aliphatic rings.